The fourth-order valence-corrected chi connectivity index (χ4v) is 1.42. The molecule has 0 aliphatic carbocycles. The number of nitrogens with one attached hydrogen (secondary N) is 1. The van der Waals surface area contributed by atoms with Crippen molar-refractivity contribution in [3.63, 3.8) is 0 Å². The molecule has 0 atom stereocenters. The molecule has 0 aromatic heterocycles. The molecule has 1 aromatic rings. The van der Waals surface area contributed by atoms with E-state index in [-0.39, 0.29) is 5.60 Å². The van der Waals surface area contributed by atoms with E-state index in [1.54, 1.807) is 0 Å². The Hall–Kier alpha value is -0.730. The third-order valence-corrected chi connectivity index (χ3v) is 2.97. The molecule has 0 bridgehead atoms. The monoisotopic (exact) mass is 241 g/mol. The minimum atomic E-state index is -0.0395. The van der Waals surface area contributed by atoms with Gasteiger partial charge in [-0.1, -0.05) is 30.7 Å². The lowest BCUT2D eigenvalue weighted by molar-refractivity contribution is -0.0142. The number of rotatable bonds is 6. The normalized spacial score (nSPS) is 11.5. The molecular formula is C13H20ClNO. The first kappa shape index (κ1) is 13.3. The zero-order valence-corrected chi connectivity index (χ0v) is 11.0. The quantitative estimate of drug-likeness (QED) is 0.762. The molecule has 0 aliphatic rings. The summed E-state index contributed by atoms with van der Waals surface area (Å²) in [6, 6.07) is 7.73. The Morgan fingerprint density at radius 2 is 2.00 bits per heavy atom. The van der Waals surface area contributed by atoms with Crippen molar-refractivity contribution in [3.8, 4) is 0 Å². The van der Waals surface area contributed by atoms with Crippen LogP contribution < -0.4 is 5.32 Å². The molecule has 1 rings (SSSR count). The van der Waals surface area contributed by atoms with Crippen molar-refractivity contribution < 1.29 is 4.74 Å². The molecule has 0 spiro atoms. The molecule has 2 nitrogen and oxygen atoms in total. The van der Waals surface area contributed by atoms with Crippen molar-refractivity contribution in [3.05, 3.63) is 29.3 Å². The summed E-state index contributed by atoms with van der Waals surface area (Å²) in [6.07, 6.45) is 1.01. The molecule has 0 unspecified atom stereocenters. The van der Waals surface area contributed by atoms with Crippen LogP contribution in [0.1, 0.15) is 27.2 Å². The summed E-state index contributed by atoms with van der Waals surface area (Å²) in [5, 5.41) is 4.00. The van der Waals surface area contributed by atoms with E-state index in [2.05, 4.69) is 26.1 Å². The van der Waals surface area contributed by atoms with Gasteiger partial charge in [0.15, 0.2) is 0 Å². The molecule has 0 aliphatic heterocycles. The van der Waals surface area contributed by atoms with E-state index in [1.165, 1.54) is 0 Å². The summed E-state index contributed by atoms with van der Waals surface area (Å²) in [4.78, 5) is 0. The van der Waals surface area contributed by atoms with Crippen molar-refractivity contribution in [2.24, 2.45) is 0 Å². The molecule has 0 saturated heterocycles. The third kappa shape index (κ3) is 4.42. The first-order valence-corrected chi connectivity index (χ1v) is 6.05. The van der Waals surface area contributed by atoms with Crippen molar-refractivity contribution in [1.29, 1.82) is 0 Å². The Balaban J connectivity index is 2.29. The molecule has 1 N–H and O–H groups in total. The maximum atomic E-state index is 6.02. The van der Waals surface area contributed by atoms with Crippen LogP contribution in [-0.2, 0) is 4.74 Å². The second-order valence-corrected chi connectivity index (χ2v) is 4.78. The zero-order chi connectivity index (χ0) is 12.0. The predicted octanol–water partition coefficient (Wildman–Crippen LogP) is 3.96. The lowest BCUT2D eigenvalue weighted by Gasteiger charge is -2.23. The largest absolute Gasteiger partial charge is 0.382 e. The zero-order valence-electron chi connectivity index (χ0n) is 10.2. The lowest BCUT2D eigenvalue weighted by Crippen LogP contribution is -2.26. The van der Waals surface area contributed by atoms with Gasteiger partial charge in [-0.2, -0.15) is 0 Å². The van der Waals surface area contributed by atoms with Crippen LogP contribution in [-0.4, -0.2) is 18.8 Å². The Labute approximate surface area is 103 Å². The van der Waals surface area contributed by atoms with Gasteiger partial charge < -0.3 is 10.1 Å². The Morgan fingerprint density at radius 1 is 1.31 bits per heavy atom. The highest BCUT2D eigenvalue weighted by Crippen LogP contribution is 2.20. The van der Waals surface area contributed by atoms with Crippen molar-refractivity contribution >= 4 is 17.3 Å². The van der Waals surface area contributed by atoms with E-state index in [1.807, 2.05) is 24.3 Å². The van der Waals surface area contributed by atoms with Crippen LogP contribution >= 0.6 is 11.6 Å². The standard InChI is InChI=1S/C13H20ClNO/c1-4-13(2,3)16-10-9-15-12-8-6-5-7-11(12)14/h5-8,15H,4,9-10H2,1-3H3. The van der Waals surface area contributed by atoms with Crippen molar-refractivity contribution in [2.45, 2.75) is 32.8 Å². The highest BCUT2D eigenvalue weighted by atomic mass is 35.5. The lowest BCUT2D eigenvalue weighted by atomic mass is 10.1. The number of halogens is 1. The predicted molar refractivity (Wildman–Crippen MR) is 70.3 cm³/mol. The van der Waals surface area contributed by atoms with Crippen LogP contribution in [0.3, 0.4) is 0 Å². The van der Waals surface area contributed by atoms with Gasteiger partial charge in [-0.25, -0.2) is 0 Å². The van der Waals surface area contributed by atoms with Gasteiger partial charge >= 0.3 is 0 Å². The van der Waals surface area contributed by atoms with Gasteiger partial charge in [-0.15, -0.1) is 0 Å². The molecule has 90 valence electrons. The molecule has 0 heterocycles. The van der Waals surface area contributed by atoms with Gasteiger partial charge in [-0.05, 0) is 32.4 Å². The SMILES string of the molecule is CCC(C)(C)OCCNc1ccccc1Cl. The topological polar surface area (TPSA) is 21.3 Å². The van der Waals surface area contributed by atoms with Crippen LogP contribution in [0.15, 0.2) is 24.3 Å². The number of hydrogen-bond acceptors (Lipinski definition) is 2. The Bertz CT molecular complexity index is 325. The summed E-state index contributed by atoms with van der Waals surface area (Å²) < 4.78 is 5.73. The highest BCUT2D eigenvalue weighted by molar-refractivity contribution is 6.33. The van der Waals surface area contributed by atoms with E-state index in [0.717, 1.165) is 23.7 Å². The van der Waals surface area contributed by atoms with Gasteiger partial charge in [0.05, 0.1) is 22.9 Å². The number of ether oxygens (including phenoxy) is 1. The second kappa shape index (κ2) is 6.12. The Kier molecular flexibility index (Phi) is 5.10. The summed E-state index contributed by atoms with van der Waals surface area (Å²) >= 11 is 6.02. The van der Waals surface area contributed by atoms with E-state index < -0.39 is 0 Å². The van der Waals surface area contributed by atoms with E-state index >= 15 is 0 Å². The van der Waals surface area contributed by atoms with E-state index in [9.17, 15) is 0 Å². The molecule has 16 heavy (non-hydrogen) atoms. The molecule has 1 aromatic carbocycles. The average Bonchev–Trinajstić information content (AvgIpc) is 2.27. The number of hydrogen-bond donors (Lipinski definition) is 1. The maximum Gasteiger partial charge on any atom is 0.0646 e. The first-order chi connectivity index (χ1) is 7.55. The van der Waals surface area contributed by atoms with Crippen LogP contribution in [0, 0.1) is 0 Å². The molecule has 3 heteroatoms. The van der Waals surface area contributed by atoms with Crippen LogP contribution in [0.5, 0.6) is 0 Å². The minimum absolute atomic E-state index is 0.0395. The third-order valence-electron chi connectivity index (χ3n) is 2.64. The van der Waals surface area contributed by atoms with Crippen LogP contribution in [0.4, 0.5) is 5.69 Å². The van der Waals surface area contributed by atoms with Crippen molar-refractivity contribution in [2.75, 3.05) is 18.5 Å². The summed E-state index contributed by atoms with van der Waals surface area (Å²) in [6.45, 7) is 7.78. The average molecular weight is 242 g/mol. The molecule has 0 radical (unpaired) electrons. The smallest absolute Gasteiger partial charge is 0.0646 e. The molecule has 0 saturated carbocycles. The van der Waals surface area contributed by atoms with Crippen LogP contribution in [0.2, 0.25) is 5.02 Å². The summed E-state index contributed by atoms with van der Waals surface area (Å²) in [5.74, 6) is 0. The molecule has 0 amide bonds. The minimum Gasteiger partial charge on any atom is -0.382 e. The molecule has 0 fully saturated rings. The van der Waals surface area contributed by atoms with Crippen LogP contribution in [0.25, 0.3) is 0 Å². The van der Waals surface area contributed by atoms with Gasteiger partial charge in [0.2, 0.25) is 0 Å². The highest BCUT2D eigenvalue weighted by Gasteiger charge is 2.14. The molecular weight excluding hydrogens is 222 g/mol. The van der Waals surface area contributed by atoms with Gasteiger partial charge in [0.25, 0.3) is 0 Å². The van der Waals surface area contributed by atoms with Crippen molar-refractivity contribution in [1.82, 2.24) is 0 Å². The first-order valence-electron chi connectivity index (χ1n) is 5.67. The second-order valence-electron chi connectivity index (χ2n) is 4.37. The van der Waals surface area contributed by atoms with Gasteiger partial charge in [0, 0.05) is 6.54 Å². The summed E-state index contributed by atoms with van der Waals surface area (Å²) in [7, 11) is 0. The fraction of sp³-hybridized carbons (Fsp3) is 0.538. The number of anilines is 1. The number of benzene rings is 1. The maximum absolute atomic E-state index is 6.02. The number of para-hydroxylation sites is 1. The Morgan fingerprint density at radius 3 is 2.62 bits per heavy atom. The fourth-order valence-electron chi connectivity index (χ4n) is 1.22. The van der Waals surface area contributed by atoms with E-state index in [4.69, 9.17) is 16.3 Å². The van der Waals surface area contributed by atoms with Gasteiger partial charge in [0.1, 0.15) is 0 Å². The van der Waals surface area contributed by atoms with Gasteiger partial charge in [-0.3, -0.25) is 0 Å². The summed E-state index contributed by atoms with van der Waals surface area (Å²) in [5.41, 5.74) is 0.921. The van der Waals surface area contributed by atoms with E-state index in [0.29, 0.717) is 6.61 Å².